The van der Waals surface area contributed by atoms with Gasteiger partial charge in [-0.25, -0.2) is 15.0 Å². The Morgan fingerprint density at radius 1 is 0.303 bits per heavy atom. The number of hydrogen-bond acceptors (Lipinski definition) is 4. The third kappa shape index (κ3) is 4.92. The fourth-order valence-corrected chi connectivity index (χ4v) is 12.0. The van der Waals surface area contributed by atoms with Gasteiger partial charge in [-0.1, -0.05) is 164 Å². The molecule has 0 aliphatic carbocycles. The summed E-state index contributed by atoms with van der Waals surface area (Å²) in [6, 6.07) is 74.2. The van der Waals surface area contributed by atoms with Crippen LogP contribution >= 0.6 is 11.3 Å². The molecule has 0 saturated carbocycles. The van der Waals surface area contributed by atoms with E-state index in [4.69, 9.17) is 15.0 Å². The van der Waals surface area contributed by atoms with E-state index in [1.807, 2.05) is 47.7 Å². The lowest BCUT2D eigenvalue weighted by molar-refractivity contribution is 1.07. The second kappa shape index (κ2) is 13.4. The van der Waals surface area contributed by atoms with Crippen LogP contribution < -0.4 is 0 Å². The van der Waals surface area contributed by atoms with Gasteiger partial charge in [0.2, 0.25) is 0 Å². The Hall–Kier alpha value is -8.65. The van der Waals surface area contributed by atoms with Gasteiger partial charge < -0.3 is 13.4 Å². The summed E-state index contributed by atoms with van der Waals surface area (Å²) in [4.78, 5) is 15.2. The summed E-state index contributed by atoms with van der Waals surface area (Å²) in [7, 11) is 0. The van der Waals surface area contributed by atoms with Crippen LogP contribution in [0.2, 0.25) is 0 Å². The molecule has 0 saturated heterocycles. The van der Waals surface area contributed by atoms with Gasteiger partial charge >= 0.3 is 0 Å². The monoisotopic (exact) mass is 858 g/mol. The fraction of sp³-hybridized carbons (Fsp3) is 0. The molecule has 0 bridgehead atoms. The fourth-order valence-electron chi connectivity index (χ4n) is 10.8. The van der Waals surface area contributed by atoms with Crippen molar-refractivity contribution in [2.75, 3.05) is 0 Å². The van der Waals surface area contributed by atoms with Crippen molar-refractivity contribution in [2.24, 2.45) is 0 Å². The van der Waals surface area contributed by atoms with Crippen molar-refractivity contribution < 1.29 is 0 Å². The molecule has 6 nitrogen and oxygen atoms in total. The molecule has 0 fully saturated rings. The van der Waals surface area contributed by atoms with Crippen LogP contribution in [0.3, 0.4) is 0 Å². The number of hydrogen-bond donors (Lipinski definition) is 0. The zero-order valence-corrected chi connectivity index (χ0v) is 36.0. The number of fused-ring (bicyclic) bond motifs is 15. The smallest absolute Gasteiger partial charge is 0.164 e. The van der Waals surface area contributed by atoms with Gasteiger partial charge in [-0.05, 0) is 42.5 Å². The Balaban J connectivity index is 1.10. The lowest BCUT2D eigenvalue weighted by atomic mass is 10.1. The van der Waals surface area contributed by atoms with Crippen LogP contribution in [-0.4, -0.2) is 28.3 Å². The Morgan fingerprint density at radius 2 is 0.803 bits per heavy atom. The zero-order chi connectivity index (χ0) is 43.0. The molecule has 7 heteroatoms. The maximum atomic E-state index is 5.13. The van der Waals surface area contributed by atoms with Gasteiger partial charge in [0.25, 0.3) is 0 Å². The highest BCUT2D eigenvalue weighted by Crippen LogP contribution is 2.46. The highest BCUT2D eigenvalue weighted by atomic mass is 32.1. The van der Waals surface area contributed by atoms with E-state index in [9.17, 15) is 0 Å². The molecule has 0 aliphatic heterocycles. The summed E-state index contributed by atoms with van der Waals surface area (Å²) in [5, 5.41) is 9.86. The topological polar surface area (TPSA) is 52.4 Å². The number of benzene rings is 9. The van der Waals surface area contributed by atoms with Crippen LogP contribution in [0.5, 0.6) is 0 Å². The molecule has 0 spiro atoms. The molecule has 6 aromatic heterocycles. The second-order valence-electron chi connectivity index (χ2n) is 17.2. The van der Waals surface area contributed by atoms with Crippen molar-refractivity contribution in [3.8, 4) is 39.9 Å². The predicted molar refractivity (Wildman–Crippen MR) is 275 cm³/mol. The molecule has 0 N–H and O–H groups in total. The van der Waals surface area contributed by atoms with Gasteiger partial charge in [0.05, 0.1) is 48.8 Å². The van der Waals surface area contributed by atoms with Crippen LogP contribution in [0.15, 0.2) is 206 Å². The summed E-state index contributed by atoms with van der Waals surface area (Å²) in [6.45, 7) is 0. The molecular formula is C59H34N6S. The number of rotatable bonds is 4. The minimum Gasteiger partial charge on any atom is -0.309 e. The lowest BCUT2D eigenvalue weighted by Gasteiger charge is -2.13. The molecule has 0 radical (unpaired) electrons. The molecule has 0 aliphatic rings. The third-order valence-electron chi connectivity index (χ3n) is 13.6. The second-order valence-corrected chi connectivity index (χ2v) is 18.2. The van der Waals surface area contributed by atoms with E-state index in [-0.39, 0.29) is 0 Å². The number of para-hydroxylation sites is 4. The molecule has 0 unspecified atom stereocenters. The SMILES string of the molecule is c1ccc(-c2nc(-c3ccccc3)nc(-c3cccc(-n4c5ccccc5c5cc6c(cc54)n4c5ccccc5c5cccc(c7cccc8c9sc%10ccccc%10c9n6c78)c54)c3)n2)cc1. The van der Waals surface area contributed by atoms with Crippen molar-refractivity contribution in [1.82, 2.24) is 28.3 Å². The van der Waals surface area contributed by atoms with Gasteiger partial charge in [0.1, 0.15) is 0 Å². The van der Waals surface area contributed by atoms with Gasteiger partial charge in [0.15, 0.2) is 17.5 Å². The van der Waals surface area contributed by atoms with Crippen molar-refractivity contribution in [3.05, 3.63) is 206 Å². The summed E-state index contributed by atoms with van der Waals surface area (Å²) >= 11 is 1.89. The normalized spacial score (nSPS) is 12.2. The Labute approximate surface area is 380 Å². The van der Waals surface area contributed by atoms with Crippen LogP contribution in [0.1, 0.15) is 0 Å². The lowest BCUT2D eigenvalue weighted by Crippen LogP contribution is -2.01. The van der Waals surface area contributed by atoms with Crippen LogP contribution in [-0.2, 0) is 0 Å². The standard InChI is InChI=1S/C59H34N6S/c1-3-16-35(17-4-1)57-60-58(36-18-5-2-6-19-36)62-59(61-57)37-20-13-21-38(32-37)63-47-29-10-8-23-40(47)46-33-50-51(34-49(46)63)64-48-30-11-7-22-39(48)41-25-14-26-42(53(41)64)43-27-15-28-45-54(43)65(50)55-44-24-9-12-31-52(44)66-56(45)55/h1-34H. The van der Waals surface area contributed by atoms with Gasteiger partial charge in [-0.3, -0.25) is 0 Å². The van der Waals surface area contributed by atoms with E-state index in [1.165, 1.54) is 74.6 Å². The van der Waals surface area contributed by atoms with Gasteiger partial charge in [-0.2, -0.15) is 0 Å². The van der Waals surface area contributed by atoms with E-state index in [2.05, 4.69) is 183 Å². The first-order chi connectivity index (χ1) is 32.7. The van der Waals surface area contributed by atoms with Gasteiger partial charge in [-0.15, -0.1) is 11.3 Å². The van der Waals surface area contributed by atoms with E-state index < -0.39 is 0 Å². The summed E-state index contributed by atoms with van der Waals surface area (Å²) in [5.74, 6) is 1.90. The summed E-state index contributed by atoms with van der Waals surface area (Å²) in [5.41, 5.74) is 13.2. The average molecular weight is 859 g/mol. The minimum absolute atomic E-state index is 0.621. The number of nitrogens with zero attached hydrogens (tertiary/aromatic N) is 6. The van der Waals surface area contributed by atoms with Crippen molar-refractivity contribution in [3.63, 3.8) is 0 Å². The van der Waals surface area contributed by atoms with Crippen molar-refractivity contribution in [2.45, 2.75) is 0 Å². The molecule has 15 aromatic rings. The van der Waals surface area contributed by atoms with E-state index in [0.717, 1.165) is 44.4 Å². The molecule has 15 rings (SSSR count). The molecular weight excluding hydrogens is 825 g/mol. The Morgan fingerprint density at radius 3 is 1.52 bits per heavy atom. The first-order valence-electron chi connectivity index (χ1n) is 22.3. The predicted octanol–water partition coefficient (Wildman–Crippen LogP) is 15.5. The first kappa shape index (κ1) is 35.8. The Kier molecular flexibility index (Phi) is 7.28. The largest absolute Gasteiger partial charge is 0.309 e. The molecule has 6 heterocycles. The van der Waals surface area contributed by atoms with Crippen LogP contribution in [0.4, 0.5) is 0 Å². The molecule has 0 atom stereocenters. The molecule has 9 aromatic carbocycles. The van der Waals surface area contributed by atoms with E-state index in [0.29, 0.717) is 17.5 Å². The molecule has 306 valence electrons. The number of aromatic nitrogens is 6. The van der Waals surface area contributed by atoms with Crippen molar-refractivity contribution >= 4 is 108 Å². The average Bonchev–Trinajstić information content (AvgIpc) is 4.12. The molecule has 66 heavy (non-hydrogen) atoms. The highest BCUT2D eigenvalue weighted by molar-refractivity contribution is 7.26. The zero-order valence-electron chi connectivity index (χ0n) is 35.2. The first-order valence-corrected chi connectivity index (χ1v) is 23.1. The Bertz CT molecular complexity index is 4460. The summed E-state index contributed by atoms with van der Waals surface area (Å²) in [6.07, 6.45) is 0. The minimum atomic E-state index is 0.621. The van der Waals surface area contributed by atoms with Crippen molar-refractivity contribution in [1.29, 1.82) is 0 Å². The van der Waals surface area contributed by atoms with Crippen LogP contribution in [0, 0.1) is 0 Å². The maximum absolute atomic E-state index is 5.13. The highest BCUT2D eigenvalue weighted by Gasteiger charge is 2.24. The third-order valence-corrected chi connectivity index (χ3v) is 14.8. The summed E-state index contributed by atoms with van der Waals surface area (Å²) < 4.78 is 10.2. The van der Waals surface area contributed by atoms with E-state index >= 15 is 0 Å². The van der Waals surface area contributed by atoms with Gasteiger partial charge in [0, 0.05) is 70.2 Å². The molecule has 0 amide bonds. The maximum Gasteiger partial charge on any atom is 0.164 e. The van der Waals surface area contributed by atoms with E-state index in [1.54, 1.807) is 0 Å². The quantitative estimate of drug-likeness (QED) is 0.177. The number of thiophene rings is 1. The van der Waals surface area contributed by atoms with Crippen LogP contribution in [0.25, 0.3) is 136 Å².